The largest absolute Gasteiger partial charge is 0.356 e. The first-order chi connectivity index (χ1) is 12.0. The summed E-state index contributed by atoms with van der Waals surface area (Å²) in [7, 11) is -3.55. The Morgan fingerprint density at radius 2 is 2.04 bits per heavy atom. The number of rotatable bonds is 5. The summed E-state index contributed by atoms with van der Waals surface area (Å²) in [4.78, 5) is 15.3. The van der Waals surface area contributed by atoms with Gasteiger partial charge in [0.05, 0.1) is 0 Å². The molecule has 1 aliphatic rings. The van der Waals surface area contributed by atoms with E-state index in [0.717, 1.165) is 23.5 Å². The van der Waals surface area contributed by atoms with Gasteiger partial charge in [0.1, 0.15) is 10.6 Å². The van der Waals surface area contributed by atoms with Gasteiger partial charge in [-0.05, 0) is 30.2 Å². The molecule has 0 bridgehead atoms. The van der Waals surface area contributed by atoms with Gasteiger partial charge in [0.25, 0.3) is 5.91 Å². The third-order valence-electron chi connectivity index (χ3n) is 4.10. The van der Waals surface area contributed by atoms with Crippen molar-refractivity contribution >= 4 is 33.4 Å². The Morgan fingerprint density at radius 1 is 1.28 bits per heavy atom. The molecule has 0 unspecified atom stereocenters. The third kappa shape index (κ3) is 4.08. The van der Waals surface area contributed by atoms with Gasteiger partial charge in [0.2, 0.25) is 10.0 Å². The lowest BCUT2D eigenvalue weighted by atomic mass is 10.1. The lowest BCUT2D eigenvalue weighted by Crippen LogP contribution is -2.37. The van der Waals surface area contributed by atoms with Gasteiger partial charge in [-0.15, -0.1) is 0 Å². The van der Waals surface area contributed by atoms with E-state index in [1.54, 1.807) is 11.8 Å². The van der Waals surface area contributed by atoms with Gasteiger partial charge in [-0.2, -0.15) is 16.1 Å². The zero-order valence-corrected chi connectivity index (χ0v) is 15.6. The smallest absolute Gasteiger partial charge is 0.272 e. The van der Waals surface area contributed by atoms with E-state index in [1.807, 2.05) is 31.2 Å². The van der Waals surface area contributed by atoms with Crippen LogP contribution in [0.25, 0.3) is 0 Å². The van der Waals surface area contributed by atoms with Crippen molar-refractivity contribution < 1.29 is 13.2 Å². The number of aryl methyl sites for hydroxylation is 1. The molecule has 0 radical (unpaired) electrons. The molecule has 2 aromatic rings. The van der Waals surface area contributed by atoms with Gasteiger partial charge in [-0.3, -0.25) is 4.79 Å². The SMILES string of the molecule is CCc1cccc(NC(=O)c2cc(S(=O)(=O)N3CCSCC3)c[nH]2)c1. The molecule has 134 valence electrons. The van der Waals surface area contributed by atoms with Crippen molar-refractivity contribution in [2.24, 2.45) is 0 Å². The number of nitrogens with one attached hydrogen (secondary N) is 2. The van der Waals surface area contributed by atoms with E-state index in [0.29, 0.717) is 18.8 Å². The minimum absolute atomic E-state index is 0.131. The molecular formula is C17H21N3O3S2. The summed E-state index contributed by atoms with van der Waals surface area (Å²) >= 11 is 1.75. The number of thioether (sulfide) groups is 1. The summed E-state index contributed by atoms with van der Waals surface area (Å²) in [6, 6.07) is 8.99. The first kappa shape index (κ1) is 18.0. The van der Waals surface area contributed by atoms with Crippen molar-refractivity contribution in [1.82, 2.24) is 9.29 Å². The summed E-state index contributed by atoms with van der Waals surface area (Å²) < 4.78 is 26.7. The monoisotopic (exact) mass is 379 g/mol. The Bertz CT molecular complexity index is 856. The average molecular weight is 380 g/mol. The fraction of sp³-hybridized carbons (Fsp3) is 0.353. The number of hydrogen-bond donors (Lipinski definition) is 2. The van der Waals surface area contributed by atoms with Gasteiger partial charge in [-0.1, -0.05) is 19.1 Å². The van der Waals surface area contributed by atoms with E-state index in [-0.39, 0.29) is 16.5 Å². The molecule has 1 aromatic carbocycles. The Morgan fingerprint density at radius 3 is 2.76 bits per heavy atom. The van der Waals surface area contributed by atoms with E-state index < -0.39 is 10.0 Å². The molecular weight excluding hydrogens is 358 g/mol. The number of hydrogen-bond acceptors (Lipinski definition) is 4. The number of sulfonamides is 1. The van der Waals surface area contributed by atoms with E-state index in [9.17, 15) is 13.2 Å². The molecule has 0 atom stereocenters. The molecule has 0 spiro atoms. The second kappa shape index (κ2) is 7.63. The first-order valence-electron chi connectivity index (χ1n) is 8.17. The second-order valence-corrected chi connectivity index (χ2v) is 8.94. The normalized spacial score (nSPS) is 15.9. The second-order valence-electron chi connectivity index (χ2n) is 5.77. The summed E-state index contributed by atoms with van der Waals surface area (Å²) in [5.74, 6) is 1.24. The Balaban J connectivity index is 1.75. The molecule has 1 amide bonds. The maximum Gasteiger partial charge on any atom is 0.272 e. The molecule has 3 rings (SSSR count). The van der Waals surface area contributed by atoms with Crippen molar-refractivity contribution in [2.75, 3.05) is 29.9 Å². The molecule has 2 heterocycles. The first-order valence-corrected chi connectivity index (χ1v) is 10.8. The molecule has 1 fully saturated rings. The van der Waals surface area contributed by atoms with Crippen LogP contribution in [0.4, 0.5) is 5.69 Å². The van der Waals surface area contributed by atoms with Crippen LogP contribution in [0.5, 0.6) is 0 Å². The van der Waals surface area contributed by atoms with Gasteiger partial charge in [0.15, 0.2) is 0 Å². The quantitative estimate of drug-likeness (QED) is 0.836. The van der Waals surface area contributed by atoms with Gasteiger partial charge in [0, 0.05) is 36.5 Å². The maximum absolute atomic E-state index is 12.6. The predicted molar refractivity (Wildman–Crippen MR) is 101 cm³/mol. The number of aromatic amines is 1. The molecule has 1 saturated heterocycles. The van der Waals surface area contributed by atoms with E-state index in [1.165, 1.54) is 16.6 Å². The van der Waals surface area contributed by atoms with Gasteiger partial charge < -0.3 is 10.3 Å². The van der Waals surface area contributed by atoms with E-state index in [4.69, 9.17) is 0 Å². The van der Waals surface area contributed by atoms with Crippen LogP contribution in [-0.4, -0.2) is 48.2 Å². The van der Waals surface area contributed by atoms with Crippen LogP contribution in [-0.2, 0) is 16.4 Å². The standard InChI is InChI=1S/C17H21N3O3S2/c1-2-13-4-3-5-14(10-13)19-17(21)16-11-15(12-18-16)25(22,23)20-6-8-24-9-7-20/h3-5,10-12,18H,2,6-9H2,1H3,(H,19,21). The van der Waals surface area contributed by atoms with Crippen molar-refractivity contribution in [3.05, 3.63) is 47.8 Å². The fourth-order valence-electron chi connectivity index (χ4n) is 2.66. The van der Waals surface area contributed by atoms with Crippen LogP contribution in [0.2, 0.25) is 0 Å². The summed E-state index contributed by atoms with van der Waals surface area (Å²) in [5.41, 5.74) is 2.04. The molecule has 8 heteroatoms. The van der Waals surface area contributed by atoms with Crippen LogP contribution in [0.3, 0.4) is 0 Å². The highest BCUT2D eigenvalue weighted by molar-refractivity contribution is 7.99. The lowest BCUT2D eigenvalue weighted by Gasteiger charge is -2.24. The highest BCUT2D eigenvalue weighted by atomic mass is 32.2. The molecule has 2 N–H and O–H groups in total. The summed E-state index contributed by atoms with van der Waals surface area (Å²) in [6.45, 7) is 3.05. The number of amides is 1. The highest BCUT2D eigenvalue weighted by Gasteiger charge is 2.27. The minimum atomic E-state index is -3.55. The number of benzene rings is 1. The number of anilines is 1. The van der Waals surface area contributed by atoms with Gasteiger partial charge in [-0.25, -0.2) is 8.42 Å². The highest BCUT2D eigenvalue weighted by Crippen LogP contribution is 2.21. The van der Waals surface area contributed by atoms with Gasteiger partial charge >= 0.3 is 0 Å². The van der Waals surface area contributed by atoms with E-state index >= 15 is 0 Å². The van der Waals surface area contributed by atoms with Crippen molar-refractivity contribution in [2.45, 2.75) is 18.2 Å². The Hall–Kier alpha value is -1.77. The van der Waals surface area contributed by atoms with Crippen molar-refractivity contribution in [3.63, 3.8) is 0 Å². The zero-order valence-electron chi connectivity index (χ0n) is 14.0. The number of aromatic nitrogens is 1. The lowest BCUT2D eigenvalue weighted by molar-refractivity contribution is 0.102. The number of carbonyl (C=O) groups is 1. The van der Waals surface area contributed by atoms with Crippen LogP contribution < -0.4 is 5.32 Å². The van der Waals surface area contributed by atoms with Crippen LogP contribution in [0.1, 0.15) is 23.0 Å². The summed E-state index contributed by atoms with van der Waals surface area (Å²) in [5, 5.41) is 2.80. The molecule has 6 nitrogen and oxygen atoms in total. The Labute approximate surface area is 152 Å². The molecule has 1 aliphatic heterocycles. The third-order valence-corrected chi connectivity index (χ3v) is 6.92. The predicted octanol–water partition coefficient (Wildman–Crippen LogP) is 2.57. The number of carbonyl (C=O) groups excluding carboxylic acids is 1. The molecule has 25 heavy (non-hydrogen) atoms. The van der Waals surface area contributed by atoms with Crippen LogP contribution in [0.15, 0.2) is 41.4 Å². The van der Waals surface area contributed by atoms with Crippen LogP contribution in [0, 0.1) is 0 Å². The minimum Gasteiger partial charge on any atom is -0.356 e. The topological polar surface area (TPSA) is 82.3 Å². The fourth-order valence-corrected chi connectivity index (χ4v) is 5.23. The molecule has 0 aliphatic carbocycles. The number of H-pyrrole nitrogens is 1. The zero-order chi connectivity index (χ0) is 17.9. The molecule has 1 aromatic heterocycles. The van der Waals surface area contributed by atoms with E-state index in [2.05, 4.69) is 10.3 Å². The summed E-state index contributed by atoms with van der Waals surface area (Å²) in [6.07, 6.45) is 2.26. The number of nitrogens with zero attached hydrogens (tertiary/aromatic N) is 1. The average Bonchev–Trinajstić information content (AvgIpc) is 3.14. The molecule has 0 saturated carbocycles. The Kier molecular flexibility index (Phi) is 5.51. The van der Waals surface area contributed by atoms with Crippen LogP contribution >= 0.6 is 11.8 Å². The van der Waals surface area contributed by atoms with Crippen molar-refractivity contribution in [3.8, 4) is 0 Å². The maximum atomic E-state index is 12.6. The van der Waals surface area contributed by atoms with Crippen molar-refractivity contribution in [1.29, 1.82) is 0 Å².